The van der Waals surface area contributed by atoms with Crippen molar-refractivity contribution < 1.29 is 19.4 Å². The van der Waals surface area contributed by atoms with Crippen LogP contribution in [0.1, 0.15) is 34.4 Å². The molecule has 0 spiro atoms. The number of hydrogen-bond donors (Lipinski definition) is 2. The Balaban J connectivity index is 1.97. The second kappa shape index (κ2) is 9.16. The third-order valence-corrected chi connectivity index (χ3v) is 5.46. The summed E-state index contributed by atoms with van der Waals surface area (Å²) < 4.78 is 5.05. The van der Waals surface area contributed by atoms with Crippen LogP contribution >= 0.6 is 23.1 Å². The molecule has 0 saturated heterocycles. The van der Waals surface area contributed by atoms with Crippen LogP contribution in [-0.2, 0) is 15.3 Å². The number of aromatic nitrogens is 1. The van der Waals surface area contributed by atoms with E-state index in [1.807, 2.05) is 24.4 Å². The van der Waals surface area contributed by atoms with Crippen molar-refractivity contribution in [2.45, 2.75) is 36.5 Å². The number of benzene rings is 1. The number of ether oxygens (including phenoxy) is 1. The van der Waals surface area contributed by atoms with E-state index in [9.17, 15) is 9.59 Å². The zero-order chi connectivity index (χ0) is 19.2. The van der Waals surface area contributed by atoms with Gasteiger partial charge in [-0.25, -0.2) is 4.98 Å². The van der Waals surface area contributed by atoms with E-state index in [-0.39, 0.29) is 18.9 Å². The first-order chi connectivity index (χ1) is 12.3. The highest BCUT2D eigenvalue weighted by molar-refractivity contribution is 7.98. The van der Waals surface area contributed by atoms with Crippen LogP contribution in [0.15, 0.2) is 34.5 Å². The van der Waals surface area contributed by atoms with Gasteiger partial charge in [-0.3, -0.25) is 9.59 Å². The summed E-state index contributed by atoms with van der Waals surface area (Å²) in [7, 11) is 1.47. The minimum absolute atomic E-state index is 0.117. The van der Waals surface area contributed by atoms with Crippen molar-refractivity contribution >= 4 is 35.0 Å². The highest BCUT2D eigenvalue weighted by atomic mass is 32.2. The van der Waals surface area contributed by atoms with Crippen LogP contribution in [0.2, 0.25) is 0 Å². The third-order valence-electron chi connectivity index (χ3n) is 3.59. The molecule has 2 aromatic rings. The van der Waals surface area contributed by atoms with E-state index in [0.717, 1.165) is 21.3 Å². The number of carboxylic acid groups (broad SMARTS) is 1. The number of aliphatic carboxylic acids is 1. The van der Waals surface area contributed by atoms with Crippen molar-refractivity contribution in [1.82, 2.24) is 10.3 Å². The van der Waals surface area contributed by atoms with Crippen molar-refractivity contribution in [3.05, 3.63) is 45.9 Å². The van der Waals surface area contributed by atoms with Crippen LogP contribution in [0.5, 0.6) is 0 Å². The Morgan fingerprint density at radius 1 is 1.35 bits per heavy atom. The number of methoxy groups -OCH3 is 1. The molecule has 0 aliphatic rings. The predicted molar refractivity (Wildman–Crippen MR) is 103 cm³/mol. The third kappa shape index (κ3) is 6.12. The van der Waals surface area contributed by atoms with E-state index in [2.05, 4.69) is 10.3 Å². The second-order valence-electron chi connectivity index (χ2n) is 6.19. The van der Waals surface area contributed by atoms with E-state index in [1.54, 1.807) is 42.2 Å². The van der Waals surface area contributed by atoms with E-state index in [4.69, 9.17) is 9.84 Å². The number of carbonyl (C=O) groups is 2. The number of carbonyl (C=O) groups excluding carboxylic acids is 1. The molecule has 0 aliphatic heterocycles. The average Bonchev–Trinajstić information content (AvgIpc) is 2.98. The zero-order valence-corrected chi connectivity index (χ0v) is 16.6. The van der Waals surface area contributed by atoms with Crippen LogP contribution in [0.4, 0.5) is 0 Å². The zero-order valence-electron chi connectivity index (χ0n) is 14.9. The molecular weight excluding hydrogens is 372 g/mol. The van der Waals surface area contributed by atoms with Gasteiger partial charge in [0.05, 0.1) is 29.3 Å². The molecule has 0 bridgehead atoms. The summed E-state index contributed by atoms with van der Waals surface area (Å²) in [5.74, 6) is -0.535. The van der Waals surface area contributed by atoms with E-state index in [0.29, 0.717) is 5.56 Å². The summed E-state index contributed by atoms with van der Waals surface area (Å²) in [5.41, 5.74) is 0.558. The lowest BCUT2D eigenvalue weighted by atomic mass is 9.98. The maximum atomic E-state index is 12.4. The first-order valence-corrected chi connectivity index (χ1v) is 9.85. The number of hydrogen-bond acceptors (Lipinski definition) is 6. The van der Waals surface area contributed by atoms with Crippen LogP contribution in [0, 0.1) is 6.92 Å². The monoisotopic (exact) mass is 394 g/mol. The maximum Gasteiger partial charge on any atom is 0.305 e. The minimum atomic E-state index is -0.992. The summed E-state index contributed by atoms with van der Waals surface area (Å²) in [4.78, 5) is 28.9. The number of rotatable bonds is 9. The summed E-state index contributed by atoms with van der Waals surface area (Å²) in [6, 6.07) is 7.23. The molecule has 1 aromatic carbocycles. The SMILES string of the molecule is COCC(C)(CC(=O)O)NC(=O)c1ccc(SCc2csc(C)n2)cc1. The molecule has 0 fully saturated rings. The molecule has 0 saturated carbocycles. The van der Waals surface area contributed by atoms with Crippen molar-refractivity contribution in [2.75, 3.05) is 13.7 Å². The van der Waals surface area contributed by atoms with E-state index in [1.165, 1.54) is 7.11 Å². The number of nitrogens with one attached hydrogen (secondary N) is 1. The Bertz CT molecular complexity index is 761. The molecule has 1 amide bonds. The topological polar surface area (TPSA) is 88.5 Å². The highest BCUT2D eigenvalue weighted by Gasteiger charge is 2.29. The molecule has 8 heteroatoms. The molecular formula is C18H22N2O4S2. The van der Waals surface area contributed by atoms with E-state index < -0.39 is 11.5 Å². The van der Waals surface area contributed by atoms with Crippen molar-refractivity contribution in [3.63, 3.8) is 0 Å². The van der Waals surface area contributed by atoms with Crippen LogP contribution in [-0.4, -0.2) is 41.2 Å². The van der Waals surface area contributed by atoms with Gasteiger partial charge in [-0.15, -0.1) is 23.1 Å². The van der Waals surface area contributed by atoms with Gasteiger partial charge in [0.1, 0.15) is 0 Å². The van der Waals surface area contributed by atoms with Crippen molar-refractivity contribution in [3.8, 4) is 0 Å². The lowest BCUT2D eigenvalue weighted by Crippen LogP contribution is -2.50. The van der Waals surface area contributed by atoms with Gasteiger partial charge in [0.2, 0.25) is 0 Å². The van der Waals surface area contributed by atoms with E-state index >= 15 is 0 Å². The first-order valence-electron chi connectivity index (χ1n) is 7.98. The smallest absolute Gasteiger partial charge is 0.305 e. The second-order valence-corrected chi connectivity index (χ2v) is 8.30. The number of thioether (sulfide) groups is 1. The molecule has 1 atom stereocenters. The fourth-order valence-electron chi connectivity index (χ4n) is 2.46. The Kier molecular flexibility index (Phi) is 7.19. The van der Waals surface area contributed by atoms with Gasteiger partial charge < -0.3 is 15.2 Å². The molecule has 0 radical (unpaired) electrons. The van der Waals surface area contributed by atoms with Gasteiger partial charge in [0, 0.05) is 28.7 Å². The molecule has 26 heavy (non-hydrogen) atoms. The highest BCUT2D eigenvalue weighted by Crippen LogP contribution is 2.24. The normalized spacial score (nSPS) is 13.2. The largest absolute Gasteiger partial charge is 0.481 e. The molecule has 1 heterocycles. The number of nitrogens with zero attached hydrogens (tertiary/aromatic N) is 1. The minimum Gasteiger partial charge on any atom is -0.481 e. The standard InChI is InChI=1S/C18H22N2O4S2/c1-12-19-14(9-25-12)10-26-15-6-4-13(5-7-15)17(23)20-18(2,11-24-3)8-16(21)22/h4-7,9H,8,10-11H2,1-3H3,(H,20,23)(H,21,22). The molecule has 6 nitrogen and oxygen atoms in total. The van der Waals surface area contributed by atoms with Crippen LogP contribution in [0.25, 0.3) is 0 Å². The number of carboxylic acids is 1. The summed E-state index contributed by atoms with van der Waals surface area (Å²) >= 11 is 3.28. The Hall–Kier alpha value is -1.90. The van der Waals surface area contributed by atoms with Gasteiger partial charge in [0.25, 0.3) is 5.91 Å². The molecule has 2 N–H and O–H groups in total. The molecule has 140 valence electrons. The molecule has 1 aromatic heterocycles. The summed E-state index contributed by atoms with van der Waals surface area (Å²) in [5, 5.41) is 14.9. The number of aryl methyl sites for hydroxylation is 1. The number of thiazole rings is 1. The van der Waals surface area contributed by atoms with Gasteiger partial charge in [-0.2, -0.15) is 0 Å². The fraction of sp³-hybridized carbons (Fsp3) is 0.389. The predicted octanol–water partition coefficient (Wildman–Crippen LogP) is 3.35. The van der Waals surface area contributed by atoms with Crippen LogP contribution in [0.3, 0.4) is 0 Å². The lowest BCUT2D eigenvalue weighted by molar-refractivity contribution is -0.139. The summed E-state index contributed by atoms with van der Waals surface area (Å²) in [6.07, 6.45) is -0.215. The molecule has 0 aliphatic carbocycles. The maximum absolute atomic E-state index is 12.4. The Labute approximate surface area is 161 Å². The Morgan fingerprint density at radius 2 is 2.04 bits per heavy atom. The average molecular weight is 395 g/mol. The van der Waals surface area contributed by atoms with Crippen LogP contribution < -0.4 is 5.32 Å². The number of amides is 1. The van der Waals surface area contributed by atoms with Crippen molar-refractivity contribution in [2.24, 2.45) is 0 Å². The van der Waals surface area contributed by atoms with Gasteiger partial charge in [0.15, 0.2) is 0 Å². The summed E-state index contributed by atoms with van der Waals surface area (Å²) in [6.45, 7) is 3.75. The first kappa shape index (κ1) is 20.4. The van der Waals surface area contributed by atoms with Crippen molar-refractivity contribution in [1.29, 1.82) is 0 Å². The fourth-order valence-corrected chi connectivity index (χ4v) is 3.97. The lowest BCUT2D eigenvalue weighted by Gasteiger charge is -2.28. The van der Waals surface area contributed by atoms with Gasteiger partial charge in [-0.1, -0.05) is 0 Å². The molecule has 1 unspecified atom stereocenters. The van der Waals surface area contributed by atoms with Gasteiger partial charge in [-0.05, 0) is 38.1 Å². The quantitative estimate of drug-likeness (QED) is 0.634. The molecule has 2 rings (SSSR count). The van der Waals surface area contributed by atoms with Gasteiger partial charge >= 0.3 is 5.97 Å². The Morgan fingerprint density at radius 3 is 2.58 bits per heavy atom.